The number of benzene rings is 1. The van der Waals surface area contributed by atoms with Crippen LogP contribution >= 0.6 is 12.4 Å². The van der Waals surface area contributed by atoms with Gasteiger partial charge in [0.05, 0.1) is 19.9 Å². The Bertz CT molecular complexity index is 781. The Kier molecular flexibility index (Phi) is 6.39. The average molecular weight is 391 g/mol. The third kappa shape index (κ3) is 4.28. The van der Waals surface area contributed by atoms with Crippen LogP contribution < -0.4 is 14.4 Å². The van der Waals surface area contributed by atoms with Crippen LogP contribution in [-0.2, 0) is 19.5 Å². The summed E-state index contributed by atoms with van der Waals surface area (Å²) in [6.45, 7) is 4.90. The Labute approximate surface area is 166 Å². The molecular formula is C20H27ClN4O2. The monoisotopic (exact) mass is 390 g/mol. The summed E-state index contributed by atoms with van der Waals surface area (Å²) in [5, 5.41) is 0. The lowest BCUT2D eigenvalue weighted by Crippen LogP contribution is -2.32. The lowest BCUT2D eigenvalue weighted by molar-refractivity contribution is 0.239. The molecule has 0 radical (unpaired) electrons. The molecule has 0 saturated carbocycles. The van der Waals surface area contributed by atoms with E-state index >= 15 is 0 Å². The molecule has 0 spiro atoms. The molecule has 1 aromatic carbocycles. The van der Waals surface area contributed by atoms with E-state index in [-0.39, 0.29) is 12.4 Å². The Morgan fingerprint density at radius 2 is 1.89 bits per heavy atom. The number of halogens is 1. The quantitative estimate of drug-likeness (QED) is 0.782. The fourth-order valence-corrected chi connectivity index (χ4v) is 3.79. The Morgan fingerprint density at radius 3 is 2.63 bits per heavy atom. The first-order valence-electron chi connectivity index (χ1n) is 9.30. The third-order valence-corrected chi connectivity index (χ3v) is 5.28. The van der Waals surface area contributed by atoms with Gasteiger partial charge in [-0.1, -0.05) is 6.07 Å². The maximum atomic E-state index is 5.53. The topological polar surface area (TPSA) is 50.7 Å². The standard InChI is InChI=1S/C20H26N4O2.ClH/c1-25-17-6-5-15(19(11-17)26-2)13-23-10-7-18-16(14-23)12-21-20(22-18)24-8-3-4-9-24;/h5-6,11-12H,3-4,7-10,13-14H2,1-2H3;1H. The van der Waals surface area contributed by atoms with Gasteiger partial charge in [0, 0.05) is 62.5 Å². The van der Waals surface area contributed by atoms with Crippen LogP contribution in [0.2, 0.25) is 0 Å². The van der Waals surface area contributed by atoms with Crippen LogP contribution in [0.25, 0.3) is 0 Å². The molecule has 7 heteroatoms. The molecule has 2 aliphatic heterocycles. The molecule has 2 aliphatic rings. The van der Waals surface area contributed by atoms with Crippen LogP contribution in [0, 0.1) is 0 Å². The van der Waals surface area contributed by atoms with E-state index in [0.717, 1.165) is 56.6 Å². The summed E-state index contributed by atoms with van der Waals surface area (Å²) in [6, 6.07) is 6.01. The molecular weight excluding hydrogens is 364 g/mol. The highest BCUT2D eigenvalue weighted by Crippen LogP contribution is 2.28. The van der Waals surface area contributed by atoms with Gasteiger partial charge in [-0.15, -0.1) is 12.4 Å². The van der Waals surface area contributed by atoms with E-state index in [2.05, 4.69) is 20.9 Å². The van der Waals surface area contributed by atoms with Crippen molar-refractivity contribution in [3.63, 3.8) is 0 Å². The number of fused-ring (bicyclic) bond motifs is 1. The van der Waals surface area contributed by atoms with Gasteiger partial charge >= 0.3 is 0 Å². The van der Waals surface area contributed by atoms with Gasteiger partial charge in [-0.2, -0.15) is 0 Å². The summed E-state index contributed by atoms with van der Waals surface area (Å²) < 4.78 is 10.8. The molecule has 0 N–H and O–H groups in total. The van der Waals surface area contributed by atoms with Crippen LogP contribution in [0.4, 0.5) is 5.95 Å². The fourth-order valence-electron chi connectivity index (χ4n) is 3.79. The maximum Gasteiger partial charge on any atom is 0.225 e. The minimum atomic E-state index is 0. The maximum absolute atomic E-state index is 5.53. The highest BCUT2D eigenvalue weighted by molar-refractivity contribution is 5.85. The van der Waals surface area contributed by atoms with Gasteiger partial charge in [0.15, 0.2) is 0 Å². The first-order chi connectivity index (χ1) is 12.8. The SMILES string of the molecule is COc1ccc(CN2CCc3nc(N4CCCC4)ncc3C2)c(OC)c1.Cl. The number of methoxy groups -OCH3 is 2. The summed E-state index contributed by atoms with van der Waals surface area (Å²) in [6.07, 6.45) is 5.49. The molecule has 1 fully saturated rings. The highest BCUT2D eigenvalue weighted by Gasteiger charge is 2.22. The number of hydrogen-bond acceptors (Lipinski definition) is 6. The first kappa shape index (κ1) is 19.7. The van der Waals surface area contributed by atoms with Crippen LogP contribution in [0.1, 0.15) is 29.7 Å². The van der Waals surface area contributed by atoms with E-state index in [9.17, 15) is 0 Å². The Hall–Kier alpha value is -2.05. The van der Waals surface area contributed by atoms with Crippen LogP contribution in [0.3, 0.4) is 0 Å². The second kappa shape index (κ2) is 8.76. The number of anilines is 1. The molecule has 27 heavy (non-hydrogen) atoms. The van der Waals surface area contributed by atoms with E-state index in [1.165, 1.54) is 29.7 Å². The van der Waals surface area contributed by atoms with Crippen molar-refractivity contribution in [2.75, 3.05) is 38.8 Å². The minimum absolute atomic E-state index is 0. The Balaban J connectivity index is 0.00000210. The van der Waals surface area contributed by atoms with Crippen molar-refractivity contribution in [3.05, 3.63) is 41.2 Å². The number of hydrogen-bond donors (Lipinski definition) is 0. The lowest BCUT2D eigenvalue weighted by Gasteiger charge is -2.29. The second-order valence-electron chi connectivity index (χ2n) is 6.97. The molecule has 3 heterocycles. The van der Waals surface area contributed by atoms with Crippen LogP contribution in [0.5, 0.6) is 11.5 Å². The third-order valence-electron chi connectivity index (χ3n) is 5.28. The number of nitrogens with zero attached hydrogens (tertiary/aromatic N) is 4. The molecule has 1 saturated heterocycles. The normalized spacial score (nSPS) is 16.6. The van der Waals surface area contributed by atoms with E-state index in [4.69, 9.17) is 14.5 Å². The van der Waals surface area contributed by atoms with E-state index in [1.807, 2.05) is 18.3 Å². The molecule has 0 bridgehead atoms. The fraction of sp³-hybridized carbons (Fsp3) is 0.500. The summed E-state index contributed by atoms with van der Waals surface area (Å²) in [5.74, 6) is 2.60. The summed E-state index contributed by atoms with van der Waals surface area (Å²) in [5.41, 5.74) is 3.62. The summed E-state index contributed by atoms with van der Waals surface area (Å²) >= 11 is 0. The van der Waals surface area contributed by atoms with Crippen LogP contribution in [-0.4, -0.2) is 48.7 Å². The van der Waals surface area contributed by atoms with Gasteiger partial charge in [0.1, 0.15) is 11.5 Å². The molecule has 0 aliphatic carbocycles. The van der Waals surface area contributed by atoms with E-state index in [0.29, 0.717) is 0 Å². The largest absolute Gasteiger partial charge is 0.497 e. The van der Waals surface area contributed by atoms with Crippen molar-refractivity contribution in [2.45, 2.75) is 32.4 Å². The molecule has 0 amide bonds. The predicted octanol–water partition coefficient (Wildman–Crippen LogP) is 3.07. The van der Waals surface area contributed by atoms with Gasteiger partial charge < -0.3 is 14.4 Å². The molecule has 1 aromatic heterocycles. The molecule has 0 unspecified atom stereocenters. The second-order valence-corrected chi connectivity index (χ2v) is 6.97. The van der Waals surface area contributed by atoms with E-state index < -0.39 is 0 Å². The molecule has 2 aromatic rings. The van der Waals surface area contributed by atoms with Gasteiger partial charge in [-0.3, -0.25) is 4.90 Å². The first-order valence-corrected chi connectivity index (χ1v) is 9.30. The lowest BCUT2D eigenvalue weighted by atomic mass is 10.1. The predicted molar refractivity (Wildman–Crippen MR) is 108 cm³/mol. The van der Waals surface area contributed by atoms with Crippen molar-refractivity contribution in [3.8, 4) is 11.5 Å². The molecule has 0 atom stereocenters. The number of aromatic nitrogens is 2. The molecule has 6 nitrogen and oxygen atoms in total. The summed E-state index contributed by atoms with van der Waals surface area (Å²) in [4.78, 5) is 14.2. The van der Waals surface area contributed by atoms with Gasteiger partial charge in [-0.25, -0.2) is 9.97 Å². The van der Waals surface area contributed by atoms with Crippen LogP contribution in [0.15, 0.2) is 24.4 Å². The van der Waals surface area contributed by atoms with Crippen molar-refractivity contribution in [2.24, 2.45) is 0 Å². The van der Waals surface area contributed by atoms with Crippen molar-refractivity contribution in [1.82, 2.24) is 14.9 Å². The van der Waals surface area contributed by atoms with Gasteiger partial charge in [-0.05, 0) is 18.9 Å². The number of ether oxygens (including phenoxy) is 2. The van der Waals surface area contributed by atoms with E-state index in [1.54, 1.807) is 14.2 Å². The molecule has 4 rings (SSSR count). The zero-order valence-electron chi connectivity index (χ0n) is 16.0. The van der Waals surface area contributed by atoms with Crippen molar-refractivity contribution < 1.29 is 9.47 Å². The smallest absolute Gasteiger partial charge is 0.225 e. The minimum Gasteiger partial charge on any atom is -0.497 e. The van der Waals surface area contributed by atoms with Crippen molar-refractivity contribution in [1.29, 1.82) is 0 Å². The van der Waals surface area contributed by atoms with Crippen molar-refractivity contribution >= 4 is 18.4 Å². The highest BCUT2D eigenvalue weighted by atomic mass is 35.5. The zero-order chi connectivity index (χ0) is 17.9. The number of rotatable bonds is 5. The zero-order valence-corrected chi connectivity index (χ0v) is 16.8. The average Bonchev–Trinajstić information content (AvgIpc) is 3.22. The summed E-state index contributed by atoms with van der Waals surface area (Å²) in [7, 11) is 3.38. The van der Waals surface area contributed by atoms with Gasteiger partial charge in [0.2, 0.25) is 5.95 Å². The van der Waals surface area contributed by atoms with Gasteiger partial charge in [0.25, 0.3) is 0 Å². The molecule has 146 valence electrons. The Morgan fingerprint density at radius 1 is 1.07 bits per heavy atom.